The average Bonchev–Trinajstić information content (AvgIpc) is 3.01. The van der Waals surface area contributed by atoms with Crippen molar-refractivity contribution in [3.05, 3.63) is 24.3 Å². The van der Waals surface area contributed by atoms with Crippen molar-refractivity contribution in [2.75, 3.05) is 24.5 Å². The molecule has 1 aromatic carbocycles. The van der Waals surface area contributed by atoms with Gasteiger partial charge in [-0.15, -0.1) is 0 Å². The highest BCUT2D eigenvalue weighted by Crippen LogP contribution is 2.27. The van der Waals surface area contributed by atoms with Crippen molar-refractivity contribution in [3.63, 3.8) is 0 Å². The van der Waals surface area contributed by atoms with Crippen molar-refractivity contribution < 1.29 is 18.0 Å². The van der Waals surface area contributed by atoms with Crippen LogP contribution in [0, 0.1) is 5.92 Å². The summed E-state index contributed by atoms with van der Waals surface area (Å²) in [6, 6.07) is 6.35. The molecule has 1 unspecified atom stereocenters. The fourth-order valence-electron chi connectivity index (χ4n) is 3.26. The summed E-state index contributed by atoms with van der Waals surface area (Å²) in [6.07, 6.45) is 2.59. The van der Waals surface area contributed by atoms with Crippen LogP contribution in [0.15, 0.2) is 29.2 Å². The molecule has 3 rings (SSSR count). The maximum Gasteiger partial charge on any atom is 0.243 e. The number of rotatable bonds is 4. The topological polar surface area (TPSA) is 101 Å². The molecule has 0 saturated carbocycles. The smallest absolute Gasteiger partial charge is 0.243 e. The number of sulfonamides is 1. The zero-order valence-corrected chi connectivity index (χ0v) is 14.2. The highest BCUT2D eigenvalue weighted by molar-refractivity contribution is 7.89. The molecule has 1 atom stereocenters. The average molecular weight is 351 g/mol. The van der Waals surface area contributed by atoms with Crippen LogP contribution < -0.4 is 10.6 Å². The van der Waals surface area contributed by atoms with Crippen molar-refractivity contribution in [1.29, 1.82) is 0 Å². The monoisotopic (exact) mass is 351 g/mol. The van der Waals surface area contributed by atoms with E-state index in [-0.39, 0.29) is 17.3 Å². The van der Waals surface area contributed by atoms with Gasteiger partial charge in [-0.3, -0.25) is 9.59 Å². The minimum absolute atomic E-state index is 0.0611. The predicted molar refractivity (Wildman–Crippen MR) is 88.7 cm³/mol. The molecule has 2 saturated heterocycles. The third kappa shape index (κ3) is 3.16. The van der Waals surface area contributed by atoms with E-state index in [1.165, 1.54) is 16.4 Å². The quantitative estimate of drug-likeness (QED) is 0.863. The Kier molecular flexibility index (Phi) is 4.60. The Morgan fingerprint density at radius 3 is 2.42 bits per heavy atom. The van der Waals surface area contributed by atoms with Crippen LogP contribution >= 0.6 is 0 Å². The molecule has 0 bridgehead atoms. The van der Waals surface area contributed by atoms with Gasteiger partial charge in [-0.2, -0.15) is 4.31 Å². The number of benzene rings is 1. The minimum Gasteiger partial charge on any atom is -0.369 e. The molecule has 2 heterocycles. The van der Waals surface area contributed by atoms with E-state index < -0.39 is 21.8 Å². The Bertz CT molecular complexity index is 745. The maximum atomic E-state index is 12.7. The zero-order chi connectivity index (χ0) is 17.3. The first-order chi connectivity index (χ1) is 11.4. The van der Waals surface area contributed by atoms with E-state index in [0.29, 0.717) is 38.0 Å². The van der Waals surface area contributed by atoms with Gasteiger partial charge in [0.15, 0.2) is 0 Å². The molecule has 2 amide bonds. The lowest BCUT2D eigenvalue weighted by atomic mass is 9.99. The number of hydrogen-bond donors (Lipinski definition) is 1. The van der Waals surface area contributed by atoms with Crippen LogP contribution in [0.5, 0.6) is 0 Å². The second-order valence-electron chi connectivity index (χ2n) is 6.25. The van der Waals surface area contributed by atoms with Crippen molar-refractivity contribution in [1.82, 2.24) is 4.31 Å². The Hall–Kier alpha value is -1.93. The Morgan fingerprint density at radius 2 is 1.83 bits per heavy atom. The molecule has 2 N–H and O–H groups in total. The molecule has 0 spiro atoms. The molecule has 2 fully saturated rings. The summed E-state index contributed by atoms with van der Waals surface area (Å²) in [6.45, 7) is 1.18. The molecule has 2 aliphatic rings. The summed E-state index contributed by atoms with van der Waals surface area (Å²) in [5, 5.41) is 0. The first-order valence-electron chi connectivity index (χ1n) is 8.09. The van der Waals surface area contributed by atoms with Crippen LogP contribution in [0.4, 0.5) is 5.69 Å². The third-order valence-electron chi connectivity index (χ3n) is 4.65. The molecule has 0 radical (unpaired) electrons. The van der Waals surface area contributed by atoms with Crippen molar-refractivity contribution >= 4 is 27.5 Å². The van der Waals surface area contributed by atoms with Gasteiger partial charge in [0.25, 0.3) is 0 Å². The fourth-order valence-corrected chi connectivity index (χ4v) is 4.79. The van der Waals surface area contributed by atoms with E-state index in [1.807, 2.05) is 0 Å². The lowest BCUT2D eigenvalue weighted by molar-refractivity contribution is -0.122. The second-order valence-corrected chi connectivity index (χ2v) is 8.19. The van der Waals surface area contributed by atoms with Crippen LogP contribution in [0.25, 0.3) is 0 Å². The summed E-state index contributed by atoms with van der Waals surface area (Å²) < 4.78 is 26.8. The van der Waals surface area contributed by atoms with E-state index in [2.05, 4.69) is 0 Å². The van der Waals surface area contributed by atoms with Crippen molar-refractivity contribution in [3.8, 4) is 0 Å². The number of amides is 2. The van der Waals surface area contributed by atoms with E-state index in [0.717, 1.165) is 6.42 Å². The standard InChI is InChI=1S/C16H21N3O4S/c17-16(21)12-3-1-9-18(11-12)24(22,23)14-7-5-13(6-8-14)19-10-2-4-15(19)20/h5-8,12H,1-4,9-11H2,(H2,17,21). The fraction of sp³-hybridized carbons (Fsp3) is 0.500. The number of hydrogen-bond acceptors (Lipinski definition) is 4. The lowest BCUT2D eigenvalue weighted by Gasteiger charge is -2.30. The zero-order valence-electron chi connectivity index (χ0n) is 13.3. The second kappa shape index (κ2) is 6.52. The van der Waals surface area contributed by atoms with Gasteiger partial charge in [0, 0.05) is 31.7 Å². The van der Waals surface area contributed by atoms with Gasteiger partial charge in [0.2, 0.25) is 21.8 Å². The Labute approximate surface area is 141 Å². The number of primary amides is 1. The molecule has 8 heteroatoms. The lowest BCUT2D eigenvalue weighted by Crippen LogP contribution is -2.44. The van der Waals surface area contributed by atoms with E-state index >= 15 is 0 Å². The van der Waals surface area contributed by atoms with E-state index in [1.54, 1.807) is 17.0 Å². The summed E-state index contributed by atoms with van der Waals surface area (Å²) in [4.78, 5) is 24.9. The first kappa shape index (κ1) is 16.9. The third-order valence-corrected chi connectivity index (χ3v) is 6.53. The van der Waals surface area contributed by atoms with Crippen LogP contribution in [0.2, 0.25) is 0 Å². The number of nitrogens with zero attached hydrogens (tertiary/aromatic N) is 2. The predicted octanol–water partition coefficient (Wildman–Crippen LogP) is 0.699. The molecule has 0 aliphatic carbocycles. The molecule has 0 aromatic heterocycles. The highest BCUT2D eigenvalue weighted by Gasteiger charge is 2.32. The first-order valence-corrected chi connectivity index (χ1v) is 9.53. The van der Waals surface area contributed by atoms with E-state index in [9.17, 15) is 18.0 Å². The highest BCUT2D eigenvalue weighted by atomic mass is 32.2. The number of anilines is 1. The molecule has 24 heavy (non-hydrogen) atoms. The summed E-state index contributed by atoms with van der Waals surface area (Å²) >= 11 is 0. The van der Waals surface area contributed by atoms with Crippen LogP contribution in [-0.2, 0) is 19.6 Å². The molecule has 2 aliphatic heterocycles. The molecule has 1 aromatic rings. The Morgan fingerprint density at radius 1 is 1.12 bits per heavy atom. The van der Waals surface area contributed by atoms with Gasteiger partial charge in [0.1, 0.15) is 0 Å². The van der Waals surface area contributed by atoms with Gasteiger partial charge in [0.05, 0.1) is 10.8 Å². The maximum absolute atomic E-state index is 12.7. The number of carbonyl (C=O) groups is 2. The van der Waals surface area contributed by atoms with Crippen molar-refractivity contribution in [2.45, 2.75) is 30.6 Å². The SMILES string of the molecule is NC(=O)C1CCCN(S(=O)(=O)c2ccc(N3CCCC3=O)cc2)C1. The summed E-state index contributed by atoms with van der Waals surface area (Å²) in [5.41, 5.74) is 6.03. The van der Waals surface area contributed by atoms with Crippen LogP contribution in [0.3, 0.4) is 0 Å². The molecular formula is C16H21N3O4S. The summed E-state index contributed by atoms with van der Waals surface area (Å²) in [5.74, 6) is -0.834. The minimum atomic E-state index is -3.66. The van der Waals surface area contributed by atoms with Gasteiger partial charge >= 0.3 is 0 Å². The Balaban J connectivity index is 1.79. The van der Waals surface area contributed by atoms with Crippen molar-refractivity contribution in [2.24, 2.45) is 11.7 Å². The van der Waals surface area contributed by atoms with Gasteiger partial charge in [-0.1, -0.05) is 0 Å². The van der Waals surface area contributed by atoms with Crippen LogP contribution in [-0.4, -0.2) is 44.2 Å². The van der Waals surface area contributed by atoms with Gasteiger partial charge in [-0.25, -0.2) is 8.42 Å². The van der Waals surface area contributed by atoms with Crippen LogP contribution in [0.1, 0.15) is 25.7 Å². The summed E-state index contributed by atoms with van der Waals surface area (Å²) in [7, 11) is -3.66. The normalized spacial score (nSPS) is 22.8. The molecule has 130 valence electrons. The molecule has 7 nitrogen and oxygen atoms in total. The number of piperidine rings is 1. The van der Waals surface area contributed by atoms with E-state index in [4.69, 9.17) is 5.73 Å². The largest absolute Gasteiger partial charge is 0.369 e. The van der Waals surface area contributed by atoms with Gasteiger partial charge < -0.3 is 10.6 Å². The molecular weight excluding hydrogens is 330 g/mol. The number of carbonyl (C=O) groups excluding carboxylic acids is 2. The number of nitrogens with two attached hydrogens (primary N) is 1. The van der Waals surface area contributed by atoms with Gasteiger partial charge in [-0.05, 0) is 43.5 Å².